The van der Waals surface area contributed by atoms with Gasteiger partial charge in [-0.15, -0.1) is 0 Å². The third-order valence-electron chi connectivity index (χ3n) is 7.08. The molecule has 0 aliphatic rings. The average molecular weight is 488 g/mol. The first-order valence-corrected chi connectivity index (χ1v) is 13.1. The predicted molar refractivity (Wildman–Crippen MR) is 164 cm³/mol. The third kappa shape index (κ3) is 5.05. The molecule has 0 radical (unpaired) electrons. The van der Waals surface area contributed by atoms with Crippen LogP contribution >= 0.6 is 0 Å². The normalized spacial score (nSPS) is 12.0. The molecule has 0 amide bonds. The fraction of sp³-hybridized carbons (Fsp3) is 0.0541. The van der Waals surface area contributed by atoms with E-state index < -0.39 is 0 Å². The molecule has 38 heavy (non-hydrogen) atoms. The van der Waals surface area contributed by atoms with Crippen molar-refractivity contribution < 1.29 is 0 Å². The van der Waals surface area contributed by atoms with Gasteiger partial charge in [0, 0.05) is 5.56 Å². The van der Waals surface area contributed by atoms with Gasteiger partial charge < -0.3 is 0 Å². The molecule has 0 unspecified atom stereocenters. The van der Waals surface area contributed by atoms with Crippen molar-refractivity contribution >= 4 is 33.3 Å². The van der Waals surface area contributed by atoms with E-state index in [-0.39, 0.29) is 0 Å². The van der Waals surface area contributed by atoms with Crippen molar-refractivity contribution in [3.05, 3.63) is 162 Å². The molecule has 0 saturated heterocycles. The monoisotopic (exact) mass is 487 g/mol. The largest absolute Gasteiger partial charge is 0.280 e. The summed E-state index contributed by atoms with van der Waals surface area (Å²) in [5.74, 6) is 0. The molecule has 0 saturated carbocycles. The number of fused-ring (bicyclic) bond motifs is 2. The van der Waals surface area contributed by atoms with Crippen molar-refractivity contribution in [3.63, 3.8) is 0 Å². The van der Waals surface area contributed by atoms with Gasteiger partial charge in [0.25, 0.3) is 0 Å². The lowest BCUT2D eigenvalue weighted by Gasteiger charge is -2.09. The number of nitrogens with zero attached hydrogens (tertiary/aromatic N) is 1. The molecule has 0 bridgehead atoms. The van der Waals surface area contributed by atoms with Crippen LogP contribution in [-0.2, 0) is 6.54 Å². The maximum atomic E-state index is 5.15. The van der Waals surface area contributed by atoms with E-state index in [1.807, 2.05) is 0 Å². The van der Waals surface area contributed by atoms with Crippen LogP contribution in [0.5, 0.6) is 0 Å². The van der Waals surface area contributed by atoms with Gasteiger partial charge in [0.15, 0.2) is 0 Å². The highest BCUT2D eigenvalue weighted by Crippen LogP contribution is 2.24. The highest BCUT2D eigenvalue weighted by atomic mass is 14.7. The maximum absolute atomic E-state index is 5.15. The fourth-order valence-electron chi connectivity index (χ4n) is 4.97. The van der Waals surface area contributed by atoms with Crippen molar-refractivity contribution in [2.45, 2.75) is 13.5 Å². The fourth-order valence-corrected chi connectivity index (χ4v) is 4.97. The summed E-state index contributed by atoms with van der Waals surface area (Å²) in [4.78, 5) is 5.15. The molecule has 0 fully saturated rings. The number of hydrogen-bond acceptors (Lipinski definition) is 1. The van der Waals surface area contributed by atoms with Gasteiger partial charge in [0.1, 0.15) is 0 Å². The zero-order valence-corrected chi connectivity index (χ0v) is 21.5. The first-order chi connectivity index (χ1) is 18.7. The van der Waals surface area contributed by atoms with Crippen LogP contribution in [0.15, 0.2) is 145 Å². The molecule has 6 aromatic rings. The average Bonchev–Trinajstić information content (AvgIpc) is 2.98. The van der Waals surface area contributed by atoms with Crippen LogP contribution in [0.4, 0.5) is 0 Å². The Balaban J connectivity index is 1.36. The molecule has 0 heterocycles. The summed E-state index contributed by atoms with van der Waals surface area (Å²) in [5, 5.41) is 4.92. The van der Waals surface area contributed by atoms with Crippen molar-refractivity contribution in [2.75, 3.05) is 0 Å². The van der Waals surface area contributed by atoms with Crippen LogP contribution in [0, 0.1) is 6.92 Å². The highest BCUT2D eigenvalue weighted by molar-refractivity contribution is 6.18. The lowest BCUT2D eigenvalue weighted by molar-refractivity contribution is 1.07. The summed E-state index contributed by atoms with van der Waals surface area (Å²) in [6.07, 6.45) is 4.37. The summed E-state index contributed by atoms with van der Waals surface area (Å²) in [5.41, 5.74) is 8.25. The van der Waals surface area contributed by atoms with Gasteiger partial charge in [-0.05, 0) is 56.8 Å². The van der Waals surface area contributed by atoms with Crippen molar-refractivity contribution in [1.82, 2.24) is 0 Å². The van der Waals surface area contributed by atoms with Crippen LogP contribution in [0.2, 0.25) is 0 Å². The third-order valence-corrected chi connectivity index (χ3v) is 7.08. The van der Waals surface area contributed by atoms with Crippen molar-refractivity contribution in [1.29, 1.82) is 0 Å². The smallest absolute Gasteiger partial charge is 0.0657 e. The van der Waals surface area contributed by atoms with Gasteiger partial charge in [-0.3, -0.25) is 4.99 Å². The molecular weight excluding hydrogens is 458 g/mol. The summed E-state index contributed by atoms with van der Waals surface area (Å²) in [6.45, 7) is 2.74. The van der Waals surface area contributed by atoms with Crippen molar-refractivity contribution in [2.24, 2.45) is 4.99 Å². The molecule has 0 aliphatic heterocycles. The number of benzene rings is 6. The number of rotatable bonds is 6. The van der Waals surface area contributed by atoms with Gasteiger partial charge in [0.05, 0.1) is 12.3 Å². The molecule has 0 N–H and O–H groups in total. The van der Waals surface area contributed by atoms with E-state index in [1.165, 1.54) is 49.4 Å². The lowest BCUT2D eigenvalue weighted by Crippen LogP contribution is -2.00. The van der Waals surface area contributed by atoms with Gasteiger partial charge >= 0.3 is 0 Å². The van der Waals surface area contributed by atoms with E-state index in [2.05, 4.69) is 153 Å². The minimum atomic E-state index is 0.618. The van der Waals surface area contributed by atoms with E-state index >= 15 is 0 Å². The molecule has 0 spiro atoms. The number of aliphatic imine (C=N–C) groups is 1. The molecule has 1 nitrogen and oxygen atoms in total. The number of allylic oxidation sites excluding steroid dienone is 1. The highest BCUT2D eigenvalue weighted by Gasteiger charge is 2.07. The van der Waals surface area contributed by atoms with E-state index in [1.54, 1.807) is 0 Å². The summed E-state index contributed by atoms with van der Waals surface area (Å²) in [7, 11) is 0. The summed E-state index contributed by atoms with van der Waals surface area (Å²) in [6, 6.07) is 47.4. The van der Waals surface area contributed by atoms with E-state index in [4.69, 9.17) is 4.99 Å². The molecule has 0 atom stereocenters. The molecule has 1 heteroatoms. The lowest BCUT2D eigenvalue weighted by atomic mass is 9.99. The topological polar surface area (TPSA) is 12.4 Å². The van der Waals surface area contributed by atoms with Gasteiger partial charge in [0.2, 0.25) is 0 Å². The second-order valence-electron chi connectivity index (χ2n) is 9.69. The van der Waals surface area contributed by atoms with Gasteiger partial charge in [-0.2, -0.15) is 0 Å². The van der Waals surface area contributed by atoms with E-state index in [9.17, 15) is 0 Å². The van der Waals surface area contributed by atoms with Crippen molar-refractivity contribution in [3.8, 4) is 11.1 Å². The second kappa shape index (κ2) is 10.7. The second-order valence-corrected chi connectivity index (χ2v) is 9.69. The standard InChI is InChI=1S/C37H29N/c1-27-16-20-29(21-17-27)30-22-18-28(19-23-30)26-38-37(36-15-7-12-32-9-3-5-14-35(32)36)25-24-33-11-6-10-31-8-2-4-13-34(31)33/h2-25H,26H2,1H3/b25-24+,38-37?. The van der Waals surface area contributed by atoms with E-state index in [0.717, 1.165) is 11.3 Å². The molecule has 0 aliphatic carbocycles. The van der Waals surface area contributed by atoms with Gasteiger partial charge in [-0.25, -0.2) is 0 Å². The van der Waals surface area contributed by atoms with E-state index in [0.29, 0.717) is 6.54 Å². The van der Waals surface area contributed by atoms with Crippen LogP contribution in [0.3, 0.4) is 0 Å². The molecule has 6 aromatic carbocycles. The minimum Gasteiger partial charge on any atom is -0.280 e. The van der Waals surface area contributed by atoms with Crippen LogP contribution in [0.1, 0.15) is 22.3 Å². The predicted octanol–water partition coefficient (Wildman–Crippen LogP) is 9.67. The van der Waals surface area contributed by atoms with Crippen LogP contribution < -0.4 is 0 Å². The number of aryl methyl sites for hydroxylation is 1. The SMILES string of the molecule is Cc1ccc(-c2ccc(CN=C(/C=C/c3cccc4ccccc34)c3cccc4ccccc34)cc2)cc1. The Kier molecular flexibility index (Phi) is 6.66. The quantitative estimate of drug-likeness (QED) is 0.207. The van der Waals surface area contributed by atoms with Crippen LogP contribution in [-0.4, -0.2) is 5.71 Å². The molecule has 182 valence electrons. The summed E-state index contributed by atoms with van der Waals surface area (Å²) >= 11 is 0. The zero-order valence-electron chi connectivity index (χ0n) is 21.5. The van der Waals surface area contributed by atoms with Gasteiger partial charge in [-0.1, -0.05) is 145 Å². The number of hydrogen-bond donors (Lipinski definition) is 0. The first-order valence-electron chi connectivity index (χ1n) is 13.1. The Labute approximate surface area is 224 Å². The Bertz CT molecular complexity index is 1760. The Hall–Kier alpha value is -4.75. The zero-order chi connectivity index (χ0) is 25.7. The molecular formula is C37H29N. The Morgan fingerprint density at radius 1 is 0.579 bits per heavy atom. The Morgan fingerprint density at radius 3 is 1.89 bits per heavy atom. The first kappa shape index (κ1) is 23.6. The Morgan fingerprint density at radius 2 is 1.16 bits per heavy atom. The molecule has 0 aromatic heterocycles. The summed E-state index contributed by atoms with van der Waals surface area (Å²) < 4.78 is 0. The van der Waals surface area contributed by atoms with Crippen LogP contribution in [0.25, 0.3) is 38.7 Å². The minimum absolute atomic E-state index is 0.618. The molecule has 6 rings (SSSR count). The maximum Gasteiger partial charge on any atom is 0.0657 e.